The molecule has 2 unspecified atom stereocenters. The van der Waals surface area contributed by atoms with Crippen LogP contribution in [0.15, 0.2) is 30.5 Å². The second-order valence-corrected chi connectivity index (χ2v) is 6.03. The van der Waals surface area contributed by atoms with Gasteiger partial charge in [0.15, 0.2) is 0 Å². The van der Waals surface area contributed by atoms with Crippen molar-refractivity contribution in [2.75, 3.05) is 23.8 Å². The van der Waals surface area contributed by atoms with Crippen LogP contribution in [0, 0.1) is 0 Å². The van der Waals surface area contributed by atoms with E-state index in [0.29, 0.717) is 12.1 Å². The van der Waals surface area contributed by atoms with Crippen LogP contribution in [0.1, 0.15) is 25.7 Å². The monoisotopic (exact) mass is 283 g/mol. The van der Waals surface area contributed by atoms with Gasteiger partial charge in [0.05, 0.1) is 30.0 Å². The number of hydrogen-bond acceptors (Lipinski definition) is 4. The number of benzene rings is 1. The topological polar surface area (TPSA) is 51.4 Å². The van der Waals surface area contributed by atoms with E-state index in [1.54, 1.807) is 0 Å². The highest BCUT2D eigenvalue weighted by molar-refractivity contribution is 5.98. The number of nitrogens with two attached hydrogens (primary N) is 1. The van der Waals surface area contributed by atoms with E-state index < -0.39 is 0 Å². The van der Waals surface area contributed by atoms with Crippen LogP contribution < -0.4 is 10.6 Å². The molecule has 110 valence electrons. The molecule has 2 atom stereocenters. The van der Waals surface area contributed by atoms with Crippen LogP contribution in [0.25, 0.3) is 10.9 Å². The zero-order valence-corrected chi connectivity index (χ0v) is 12.2. The molecule has 2 aromatic rings. The predicted octanol–water partition coefficient (Wildman–Crippen LogP) is 2.96. The molecule has 1 aliphatic heterocycles. The van der Waals surface area contributed by atoms with Gasteiger partial charge in [0.2, 0.25) is 0 Å². The molecule has 1 aromatic heterocycles. The molecule has 1 aromatic carbocycles. The first kappa shape index (κ1) is 12.9. The number of anilines is 2. The van der Waals surface area contributed by atoms with E-state index in [0.717, 1.165) is 29.7 Å². The lowest BCUT2D eigenvalue weighted by Gasteiger charge is -2.45. The standard InChI is InChI=1S/C17H21N3O/c18-13-5-3-4-12-14(8-9-19-17(12)13)20-10-11-21-16-7-2-1-6-15(16)20/h3-5,8-9,15-16H,1-2,6-7,10-11,18H2. The number of morpholine rings is 1. The van der Waals surface area contributed by atoms with Crippen molar-refractivity contribution in [2.45, 2.75) is 37.8 Å². The Kier molecular flexibility index (Phi) is 3.19. The van der Waals surface area contributed by atoms with Gasteiger partial charge in [-0.25, -0.2) is 0 Å². The summed E-state index contributed by atoms with van der Waals surface area (Å²) in [4.78, 5) is 6.98. The molecule has 0 spiro atoms. The first-order valence-corrected chi connectivity index (χ1v) is 7.86. The average Bonchev–Trinajstić information content (AvgIpc) is 2.54. The van der Waals surface area contributed by atoms with Crippen LogP contribution in [0.4, 0.5) is 11.4 Å². The van der Waals surface area contributed by atoms with E-state index in [-0.39, 0.29) is 0 Å². The van der Waals surface area contributed by atoms with E-state index in [1.165, 1.54) is 31.4 Å². The summed E-state index contributed by atoms with van der Waals surface area (Å²) in [5.41, 5.74) is 9.00. The highest BCUT2D eigenvalue weighted by Gasteiger charge is 2.34. The summed E-state index contributed by atoms with van der Waals surface area (Å²) >= 11 is 0. The van der Waals surface area contributed by atoms with Gasteiger partial charge in [0.25, 0.3) is 0 Å². The molecule has 2 aliphatic rings. The van der Waals surface area contributed by atoms with Gasteiger partial charge in [-0.15, -0.1) is 0 Å². The van der Waals surface area contributed by atoms with Crippen LogP contribution in [0.3, 0.4) is 0 Å². The van der Waals surface area contributed by atoms with Crippen LogP contribution in [-0.4, -0.2) is 30.3 Å². The minimum atomic E-state index is 0.386. The average molecular weight is 283 g/mol. The number of nitrogens with zero attached hydrogens (tertiary/aromatic N) is 2. The number of pyridine rings is 1. The van der Waals surface area contributed by atoms with Crippen molar-refractivity contribution in [1.29, 1.82) is 0 Å². The van der Waals surface area contributed by atoms with Crippen molar-refractivity contribution >= 4 is 22.3 Å². The Morgan fingerprint density at radius 1 is 1.19 bits per heavy atom. The quantitative estimate of drug-likeness (QED) is 0.818. The van der Waals surface area contributed by atoms with Crippen molar-refractivity contribution in [3.63, 3.8) is 0 Å². The number of ether oxygens (including phenoxy) is 1. The Balaban J connectivity index is 1.80. The normalized spacial score (nSPS) is 25.8. The third kappa shape index (κ3) is 2.14. The zero-order chi connectivity index (χ0) is 14.2. The molecule has 0 bridgehead atoms. The van der Waals surface area contributed by atoms with Gasteiger partial charge in [-0.05, 0) is 25.0 Å². The molecular weight excluding hydrogens is 262 g/mol. The predicted molar refractivity (Wildman–Crippen MR) is 85.5 cm³/mol. The fourth-order valence-electron chi connectivity index (χ4n) is 3.83. The molecule has 4 rings (SSSR count). The Morgan fingerprint density at radius 2 is 2.10 bits per heavy atom. The molecule has 21 heavy (non-hydrogen) atoms. The number of para-hydroxylation sites is 1. The minimum Gasteiger partial charge on any atom is -0.397 e. The smallest absolute Gasteiger partial charge is 0.0951 e. The first-order valence-electron chi connectivity index (χ1n) is 7.86. The third-order valence-corrected chi connectivity index (χ3v) is 4.82. The maximum Gasteiger partial charge on any atom is 0.0951 e. The Bertz CT molecular complexity index is 656. The molecule has 0 radical (unpaired) electrons. The second kappa shape index (κ2) is 5.19. The van der Waals surface area contributed by atoms with Gasteiger partial charge in [-0.3, -0.25) is 4.98 Å². The summed E-state index contributed by atoms with van der Waals surface area (Å²) in [6.07, 6.45) is 7.26. The fourth-order valence-corrected chi connectivity index (χ4v) is 3.83. The van der Waals surface area contributed by atoms with Crippen molar-refractivity contribution in [2.24, 2.45) is 0 Å². The molecule has 2 heterocycles. The van der Waals surface area contributed by atoms with E-state index in [9.17, 15) is 0 Å². The Labute approximate surface area is 124 Å². The SMILES string of the molecule is Nc1cccc2c(N3CCOC4CCCCC43)ccnc12. The highest BCUT2D eigenvalue weighted by Crippen LogP contribution is 2.35. The maximum absolute atomic E-state index is 6.08. The van der Waals surface area contributed by atoms with Gasteiger partial charge in [-0.2, -0.15) is 0 Å². The van der Waals surface area contributed by atoms with Crippen LogP contribution in [0.2, 0.25) is 0 Å². The lowest BCUT2D eigenvalue weighted by atomic mass is 9.89. The van der Waals surface area contributed by atoms with E-state index in [1.807, 2.05) is 18.3 Å². The number of fused-ring (bicyclic) bond motifs is 2. The van der Waals surface area contributed by atoms with Gasteiger partial charge < -0.3 is 15.4 Å². The van der Waals surface area contributed by atoms with Gasteiger partial charge >= 0.3 is 0 Å². The lowest BCUT2D eigenvalue weighted by Crippen LogP contribution is -2.52. The number of rotatable bonds is 1. The maximum atomic E-state index is 6.08. The highest BCUT2D eigenvalue weighted by atomic mass is 16.5. The van der Waals surface area contributed by atoms with E-state index in [2.05, 4.69) is 22.0 Å². The number of aromatic nitrogens is 1. The third-order valence-electron chi connectivity index (χ3n) is 4.82. The molecule has 2 fully saturated rings. The molecule has 4 heteroatoms. The van der Waals surface area contributed by atoms with Crippen LogP contribution in [0.5, 0.6) is 0 Å². The van der Waals surface area contributed by atoms with Crippen molar-refractivity contribution in [3.8, 4) is 0 Å². The van der Waals surface area contributed by atoms with Gasteiger partial charge in [0.1, 0.15) is 0 Å². The minimum absolute atomic E-state index is 0.386. The van der Waals surface area contributed by atoms with Gasteiger partial charge in [-0.1, -0.05) is 25.0 Å². The molecule has 4 nitrogen and oxygen atoms in total. The molecule has 1 saturated heterocycles. The summed E-state index contributed by atoms with van der Waals surface area (Å²) in [5.74, 6) is 0. The Morgan fingerprint density at radius 3 is 3.05 bits per heavy atom. The van der Waals surface area contributed by atoms with Crippen molar-refractivity contribution < 1.29 is 4.74 Å². The number of nitrogen functional groups attached to an aromatic ring is 1. The molecular formula is C17H21N3O. The molecule has 1 saturated carbocycles. The largest absolute Gasteiger partial charge is 0.397 e. The molecule has 2 N–H and O–H groups in total. The van der Waals surface area contributed by atoms with Crippen molar-refractivity contribution in [3.05, 3.63) is 30.5 Å². The molecule has 1 aliphatic carbocycles. The summed E-state index contributed by atoms with van der Waals surface area (Å²) in [7, 11) is 0. The van der Waals surface area contributed by atoms with E-state index in [4.69, 9.17) is 10.5 Å². The lowest BCUT2D eigenvalue weighted by molar-refractivity contribution is -0.00857. The first-order chi connectivity index (χ1) is 10.3. The number of hydrogen-bond donors (Lipinski definition) is 1. The summed E-state index contributed by atoms with van der Waals surface area (Å²) in [5, 5.41) is 1.16. The Hall–Kier alpha value is -1.81. The summed E-state index contributed by atoms with van der Waals surface area (Å²) < 4.78 is 5.99. The molecule has 0 amide bonds. The summed E-state index contributed by atoms with van der Waals surface area (Å²) in [6.45, 7) is 1.77. The zero-order valence-electron chi connectivity index (χ0n) is 12.2. The van der Waals surface area contributed by atoms with Crippen molar-refractivity contribution in [1.82, 2.24) is 4.98 Å². The fraction of sp³-hybridized carbons (Fsp3) is 0.471. The van der Waals surface area contributed by atoms with Crippen LogP contribution >= 0.6 is 0 Å². The second-order valence-electron chi connectivity index (χ2n) is 6.03. The van der Waals surface area contributed by atoms with E-state index >= 15 is 0 Å². The summed E-state index contributed by atoms with van der Waals surface area (Å²) in [6, 6.07) is 8.68. The van der Waals surface area contributed by atoms with Crippen LogP contribution in [-0.2, 0) is 4.74 Å². The van der Waals surface area contributed by atoms with Gasteiger partial charge in [0, 0.05) is 23.8 Å².